The highest BCUT2D eigenvalue weighted by Crippen LogP contribution is 2.32. The van der Waals surface area contributed by atoms with Crippen LogP contribution in [0.5, 0.6) is 0 Å². The molecule has 5 atom stereocenters. The molecule has 0 amide bonds. The second kappa shape index (κ2) is 7.49. The van der Waals surface area contributed by atoms with E-state index in [2.05, 4.69) is 0 Å². The highest BCUT2D eigenvalue weighted by Gasteiger charge is 2.51. The molecule has 0 saturated carbocycles. The number of hydrogen-bond donors (Lipinski definition) is 6. The highest BCUT2D eigenvalue weighted by molar-refractivity contribution is 4.95. The first-order valence-corrected chi connectivity index (χ1v) is 6.71. The lowest BCUT2D eigenvalue weighted by molar-refractivity contribution is -0.351. The Bertz CT molecular complexity index is 265. The molecule has 19 heavy (non-hydrogen) atoms. The number of nitrogens with two attached hydrogens (primary N) is 1. The Labute approximate surface area is 112 Å². The number of ether oxygens (including phenoxy) is 1. The standard InChI is InChI=1S/C12H25NO6/c13-6-4-2-1-3-5-12(18)11(17)10(16)9(15)8(7-14)19-12/h8-11,14-18H,1-7,13H2/t8-,9-,10+,11+,12+/m1/s1. The summed E-state index contributed by atoms with van der Waals surface area (Å²) in [5.74, 6) is -1.94. The van der Waals surface area contributed by atoms with Crippen molar-refractivity contribution in [2.45, 2.75) is 62.3 Å². The molecule has 7 nitrogen and oxygen atoms in total. The minimum atomic E-state index is -1.94. The van der Waals surface area contributed by atoms with Crippen LogP contribution in [0, 0.1) is 0 Å². The van der Waals surface area contributed by atoms with Gasteiger partial charge in [-0.1, -0.05) is 12.8 Å². The van der Waals surface area contributed by atoms with Gasteiger partial charge in [-0.2, -0.15) is 0 Å². The Morgan fingerprint density at radius 3 is 2.21 bits per heavy atom. The first-order chi connectivity index (χ1) is 8.96. The summed E-state index contributed by atoms with van der Waals surface area (Å²) in [6.07, 6.45) is -2.32. The van der Waals surface area contributed by atoms with Crippen molar-refractivity contribution < 1.29 is 30.3 Å². The number of aliphatic hydroxyl groups is 5. The van der Waals surface area contributed by atoms with Gasteiger partial charge in [0.15, 0.2) is 5.79 Å². The van der Waals surface area contributed by atoms with Crippen LogP contribution in [0.1, 0.15) is 32.1 Å². The van der Waals surface area contributed by atoms with E-state index >= 15 is 0 Å². The van der Waals surface area contributed by atoms with Crippen LogP contribution >= 0.6 is 0 Å². The molecule has 1 fully saturated rings. The summed E-state index contributed by atoms with van der Waals surface area (Å²) in [6.45, 7) is 0.0708. The zero-order valence-corrected chi connectivity index (χ0v) is 11.0. The molecule has 0 aliphatic carbocycles. The maximum atomic E-state index is 10.2. The van der Waals surface area contributed by atoms with Crippen molar-refractivity contribution in [2.75, 3.05) is 13.2 Å². The van der Waals surface area contributed by atoms with Gasteiger partial charge < -0.3 is 36.0 Å². The summed E-state index contributed by atoms with van der Waals surface area (Å²) in [6, 6.07) is 0. The lowest BCUT2D eigenvalue weighted by Crippen LogP contribution is -2.65. The van der Waals surface area contributed by atoms with Gasteiger partial charge in [-0.05, 0) is 19.4 Å². The van der Waals surface area contributed by atoms with E-state index in [0.29, 0.717) is 13.0 Å². The maximum absolute atomic E-state index is 10.2. The number of aliphatic hydroxyl groups excluding tert-OH is 4. The van der Waals surface area contributed by atoms with Crippen molar-refractivity contribution in [3.8, 4) is 0 Å². The molecule has 0 aromatic carbocycles. The number of unbranched alkanes of at least 4 members (excludes halogenated alkanes) is 3. The second-order valence-electron chi connectivity index (χ2n) is 5.06. The molecule has 1 saturated heterocycles. The van der Waals surface area contributed by atoms with Gasteiger partial charge in [0.2, 0.25) is 0 Å². The van der Waals surface area contributed by atoms with Gasteiger partial charge in [-0.25, -0.2) is 0 Å². The molecular formula is C12H25NO6. The van der Waals surface area contributed by atoms with Crippen LogP contribution in [-0.2, 0) is 4.74 Å². The molecule has 0 spiro atoms. The van der Waals surface area contributed by atoms with E-state index < -0.39 is 36.8 Å². The minimum absolute atomic E-state index is 0.124. The Kier molecular flexibility index (Phi) is 6.61. The smallest absolute Gasteiger partial charge is 0.195 e. The maximum Gasteiger partial charge on any atom is 0.195 e. The van der Waals surface area contributed by atoms with E-state index in [1.165, 1.54) is 0 Å². The van der Waals surface area contributed by atoms with E-state index in [4.69, 9.17) is 15.6 Å². The fraction of sp³-hybridized carbons (Fsp3) is 1.00. The van der Waals surface area contributed by atoms with Crippen molar-refractivity contribution in [2.24, 2.45) is 5.73 Å². The summed E-state index contributed by atoms with van der Waals surface area (Å²) in [5.41, 5.74) is 5.37. The molecule has 1 heterocycles. The summed E-state index contributed by atoms with van der Waals surface area (Å²) in [4.78, 5) is 0. The Hall–Kier alpha value is -0.280. The summed E-state index contributed by atoms with van der Waals surface area (Å²) < 4.78 is 5.15. The van der Waals surface area contributed by atoms with Crippen molar-refractivity contribution in [3.63, 3.8) is 0 Å². The van der Waals surface area contributed by atoms with Gasteiger partial charge in [0, 0.05) is 6.42 Å². The SMILES string of the molecule is NCCCCCC[C@]1(O)O[C@H](CO)[C@@H](O)[C@H](O)[C@@H]1O. The molecule has 0 radical (unpaired) electrons. The second-order valence-corrected chi connectivity index (χ2v) is 5.06. The third-order valence-corrected chi connectivity index (χ3v) is 3.54. The zero-order valence-electron chi connectivity index (χ0n) is 11.0. The molecule has 1 aliphatic heterocycles. The van der Waals surface area contributed by atoms with Crippen LogP contribution in [-0.4, -0.2) is 68.9 Å². The van der Waals surface area contributed by atoms with E-state index in [-0.39, 0.29) is 6.42 Å². The molecule has 0 aromatic rings. The Morgan fingerprint density at radius 2 is 1.63 bits per heavy atom. The average molecular weight is 279 g/mol. The highest BCUT2D eigenvalue weighted by atomic mass is 16.7. The third-order valence-electron chi connectivity index (χ3n) is 3.54. The molecule has 114 valence electrons. The van der Waals surface area contributed by atoms with E-state index in [0.717, 1.165) is 19.3 Å². The van der Waals surface area contributed by atoms with Crippen molar-refractivity contribution in [1.29, 1.82) is 0 Å². The van der Waals surface area contributed by atoms with Gasteiger partial charge >= 0.3 is 0 Å². The zero-order chi connectivity index (χ0) is 14.5. The van der Waals surface area contributed by atoms with Crippen LogP contribution in [0.25, 0.3) is 0 Å². The average Bonchev–Trinajstić information content (AvgIpc) is 2.41. The fourth-order valence-electron chi connectivity index (χ4n) is 2.30. The Morgan fingerprint density at radius 1 is 1.00 bits per heavy atom. The van der Waals surface area contributed by atoms with E-state index in [9.17, 15) is 20.4 Å². The molecule has 0 aromatic heterocycles. The molecule has 0 bridgehead atoms. The summed E-state index contributed by atoms with van der Waals surface area (Å²) >= 11 is 0. The molecule has 1 rings (SSSR count). The monoisotopic (exact) mass is 279 g/mol. The lowest BCUT2D eigenvalue weighted by atomic mass is 9.89. The van der Waals surface area contributed by atoms with Gasteiger partial charge in [-0.15, -0.1) is 0 Å². The van der Waals surface area contributed by atoms with Crippen LogP contribution in [0.4, 0.5) is 0 Å². The predicted molar refractivity (Wildman–Crippen MR) is 67.1 cm³/mol. The first kappa shape index (κ1) is 16.8. The fourth-order valence-corrected chi connectivity index (χ4v) is 2.30. The third kappa shape index (κ3) is 4.09. The topological polar surface area (TPSA) is 136 Å². The lowest BCUT2D eigenvalue weighted by Gasteiger charge is -2.45. The Balaban J connectivity index is 2.52. The molecule has 0 unspecified atom stereocenters. The van der Waals surface area contributed by atoms with Gasteiger partial charge in [0.05, 0.1) is 6.61 Å². The van der Waals surface area contributed by atoms with Crippen molar-refractivity contribution in [3.05, 3.63) is 0 Å². The van der Waals surface area contributed by atoms with Crippen LogP contribution in [0.3, 0.4) is 0 Å². The van der Waals surface area contributed by atoms with Gasteiger partial charge in [0.25, 0.3) is 0 Å². The largest absolute Gasteiger partial charge is 0.394 e. The van der Waals surface area contributed by atoms with E-state index in [1.54, 1.807) is 0 Å². The van der Waals surface area contributed by atoms with Gasteiger partial charge in [-0.3, -0.25) is 0 Å². The number of hydrogen-bond acceptors (Lipinski definition) is 7. The first-order valence-electron chi connectivity index (χ1n) is 6.71. The van der Waals surface area contributed by atoms with Crippen LogP contribution in [0.2, 0.25) is 0 Å². The van der Waals surface area contributed by atoms with Crippen LogP contribution < -0.4 is 5.73 Å². The summed E-state index contributed by atoms with van der Waals surface area (Å²) in [7, 11) is 0. The van der Waals surface area contributed by atoms with E-state index in [1.807, 2.05) is 0 Å². The molecule has 7 heteroatoms. The molecule has 7 N–H and O–H groups in total. The quantitative estimate of drug-likeness (QED) is 0.298. The van der Waals surface area contributed by atoms with Crippen LogP contribution in [0.15, 0.2) is 0 Å². The summed E-state index contributed by atoms with van der Waals surface area (Å²) in [5, 5.41) is 48.3. The molecule has 1 aliphatic rings. The normalized spacial score (nSPS) is 39.5. The molecular weight excluding hydrogens is 254 g/mol. The minimum Gasteiger partial charge on any atom is -0.394 e. The number of rotatable bonds is 7. The van der Waals surface area contributed by atoms with Gasteiger partial charge in [0.1, 0.15) is 24.4 Å². The van der Waals surface area contributed by atoms with Crippen molar-refractivity contribution >= 4 is 0 Å². The predicted octanol–water partition coefficient (Wildman–Crippen LogP) is -1.94. The van der Waals surface area contributed by atoms with Crippen molar-refractivity contribution in [1.82, 2.24) is 0 Å².